The van der Waals surface area contributed by atoms with E-state index in [4.69, 9.17) is 5.26 Å². The minimum Gasteiger partial charge on any atom is -0.354 e. The van der Waals surface area contributed by atoms with Crippen LogP contribution in [0.25, 0.3) is 0 Å². The Morgan fingerprint density at radius 1 is 1.11 bits per heavy atom. The highest BCUT2D eigenvalue weighted by Gasteiger charge is 2.21. The summed E-state index contributed by atoms with van der Waals surface area (Å²) < 4.78 is 1.94. The van der Waals surface area contributed by atoms with Crippen molar-refractivity contribution in [1.82, 2.24) is 30.5 Å². The van der Waals surface area contributed by atoms with E-state index in [0.29, 0.717) is 22.1 Å². The molecule has 0 saturated carbocycles. The van der Waals surface area contributed by atoms with E-state index in [1.807, 2.05) is 10.8 Å². The number of anilines is 1. The van der Waals surface area contributed by atoms with Gasteiger partial charge < -0.3 is 20.5 Å². The Morgan fingerprint density at radius 3 is 2.54 bits per heavy atom. The molecule has 194 valence electrons. The van der Waals surface area contributed by atoms with E-state index in [1.54, 1.807) is 50.6 Å². The largest absolute Gasteiger partial charge is 0.354 e. The van der Waals surface area contributed by atoms with Crippen LogP contribution in [0.2, 0.25) is 0 Å². The van der Waals surface area contributed by atoms with Gasteiger partial charge >= 0.3 is 6.03 Å². The molecule has 2 heterocycles. The molecule has 0 spiro atoms. The van der Waals surface area contributed by atoms with Crippen molar-refractivity contribution in [3.05, 3.63) is 65.2 Å². The van der Waals surface area contributed by atoms with Crippen LogP contribution in [0.4, 0.5) is 9.93 Å². The molecular formula is C25H30N8O3S. The number of imidazole rings is 1. The van der Waals surface area contributed by atoms with Crippen LogP contribution in [0.5, 0.6) is 0 Å². The van der Waals surface area contributed by atoms with Gasteiger partial charge in [0.15, 0.2) is 5.13 Å². The number of nitrogens with one attached hydrogen (secondary N) is 3. The average Bonchev–Trinajstić information content (AvgIpc) is 3.60. The summed E-state index contributed by atoms with van der Waals surface area (Å²) in [5, 5.41) is 17.8. The highest BCUT2D eigenvalue weighted by Crippen LogP contribution is 2.24. The SMILES string of the molecule is CC(C)C(=O)NCCNC(=O)N(Cc1ccc(C#N)cc1)c1ncc(C(=O)NCCCn2ccnc2)s1. The Morgan fingerprint density at radius 2 is 1.86 bits per heavy atom. The van der Waals surface area contributed by atoms with Crippen molar-refractivity contribution >= 4 is 34.3 Å². The van der Waals surface area contributed by atoms with Gasteiger partial charge in [-0.3, -0.25) is 14.5 Å². The quantitative estimate of drug-likeness (QED) is 0.312. The molecule has 0 unspecified atom stereocenters. The van der Waals surface area contributed by atoms with Gasteiger partial charge in [0.2, 0.25) is 5.91 Å². The molecule has 2 aromatic heterocycles. The second-order valence-corrected chi connectivity index (χ2v) is 9.50. The van der Waals surface area contributed by atoms with Crippen molar-refractivity contribution in [3.8, 4) is 6.07 Å². The number of carbonyl (C=O) groups is 3. The fourth-order valence-electron chi connectivity index (χ4n) is 3.21. The third-order valence-electron chi connectivity index (χ3n) is 5.28. The molecule has 0 radical (unpaired) electrons. The molecule has 37 heavy (non-hydrogen) atoms. The molecule has 11 nitrogen and oxygen atoms in total. The molecule has 0 atom stereocenters. The Labute approximate surface area is 219 Å². The summed E-state index contributed by atoms with van der Waals surface area (Å²) in [6.07, 6.45) is 7.49. The lowest BCUT2D eigenvalue weighted by atomic mass is 10.1. The van der Waals surface area contributed by atoms with Crippen LogP contribution in [0, 0.1) is 17.2 Å². The third kappa shape index (κ3) is 8.43. The van der Waals surface area contributed by atoms with E-state index in [1.165, 1.54) is 11.1 Å². The number of benzene rings is 1. The first-order valence-electron chi connectivity index (χ1n) is 11.9. The molecule has 0 bridgehead atoms. The summed E-state index contributed by atoms with van der Waals surface area (Å²) >= 11 is 1.11. The van der Waals surface area contributed by atoms with Crippen molar-refractivity contribution in [1.29, 1.82) is 5.26 Å². The summed E-state index contributed by atoms with van der Waals surface area (Å²) in [7, 11) is 0. The van der Waals surface area contributed by atoms with Crippen LogP contribution in [-0.4, -0.2) is 52.0 Å². The molecule has 3 rings (SSSR count). The predicted octanol–water partition coefficient (Wildman–Crippen LogP) is 2.52. The molecule has 1 aromatic carbocycles. The van der Waals surface area contributed by atoms with Gasteiger partial charge in [-0.2, -0.15) is 5.26 Å². The third-order valence-corrected chi connectivity index (χ3v) is 6.30. The van der Waals surface area contributed by atoms with Crippen LogP contribution < -0.4 is 20.9 Å². The number of nitriles is 1. The molecule has 0 aliphatic rings. The predicted molar refractivity (Wildman–Crippen MR) is 140 cm³/mol. The minimum atomic E-state index is -0.412. The minimum absolute atomic E-state index is 0.0932. The number of aromatic nitrogens is 3. The summed E-state index contributed by atoms with van der Waals surface area (Å²) in [5.74, 6) is -0.497. The zero-order valence-corrected chi connectivity index (χ0v) is 21.6. The number of rotatable bonds is 12. The molecule has 4 amide bonds. The normalized spacial score (nSPS) is 10.5. The van der Waals surface area contributed by atoms with Gasteiger partial charge in [-0.15, -0.1) is 0 Å². The topological polar surface area (TPSA) is 145 Å². The first-order chi connectivity index (χ1) is 17.9. The van der Waals surface area contributed by atoms with Gasteiger partial charge in [-0.05, 0) is 24.1 Å². The number of aryl methyl sites for hydroxylation is 1. The van der Waals surface area contributed by atoms with Crippen LogP contribution >= 0.6 is 11.3 Å². The van der Waals surface area contributed by atoms with Crippen molar-refractivity contribution in [3.63, 3.8) is 0 Å². The van der Waals surface area contributed by atoms with E-state index in [9.17, 15) is 14.4 Å². The van der Waals surface area contributed by atoms with Gasteiger partial charge in [-0.25, -0.2) is 14.8 Å². The number of carbonyl (C=O) groups excluding carboxylic acids is 3. The van der Waals surface area contributed by atoms with Crippen LogP contribution in [0.3, 0.4) is 0 Å². The van der Waals surface area contributed by atoms with Gasteiger partial charge in [0.25, 0.3) is 5.91 Å². The van der Waals surface area contributed by atoms with Gasteiger partial charge in [0.1, 0.15) is 4.88 Å². The molecule has 3 N–H and O–H groups in total. The van der Waals surface area contributed by atoms with E-state index in [0.717, 1.165) is 29.9 Å². The maximum absolute atomic E-state index is 13.1. The number of amides is 4. The average molecular weight is 523 g/mol. The molecule has 0 saturated heterocycles. The molecular weight excluding hydrogens is 492 g/mol. The number of nitrogens with zero attached hydrogens (tertiary/aromatic N) is 5. The van der Waals surface area contributed by atoms with E-state index in [2.05, 4.69) is 32.0 Å². The number of thiazole rings is 1. The van der Waals surface area contributed by atoms with E-state index in [-0.39, 0.29) is 37.4 Å². The summed E-state index contributed by atoms with van der Waals surface area (Å²) in [6, 6.07) is 8.55. The van der Waals surface area contributed by atoms with Gasteiger partial charge in [0, 0.05) is 44.5 Å². The lowest BCUT2D eigenvalue weighted by Crippen LogP contribution is -2.43. The highest BCUT2D eigenvalue weighted by molar-refractivity contribution is 7.17. The van der Waals surface area contributed by atoms with Gasteiger partial charge in [0.05, 0.1) is 30.7 Å². The standard InChI is InChI=1S/C25H30N8O3S/c1-18(2)22(34)29-9-10-30-24(36)33(16-20-6-4-19(14-26)5-7-20)25-31-15-21(37-25)23(35)28-8-3-12-32-13-11-27-17-32/h4-7,11,13,15,17-18H,3,8-10,12,16H2,1-2H3,(H,28,35)(H,29,34)(H,30,36). The maximum Gasteiger partial charge on any atom is 0.324 e. The Kier molecular flexibility index (Phi) is 10.2. The Balaban J connectivity index is 1.63. The fourth-order valence-corrected chi connectivity index (χ4v) is 4.04. The zero-order valence-electron chi connectivity index (χ0n) is 20.8. The monoisotopic (exact) mass is 522 g/mol. The number of hydrogen-bond donors (Lipinski definition) is 3. The first-order valence-corrected chi connectivity index (χ1v) is 12.7. The summed E-state index contributed by atoms with van der Waals surface area (Å²) in [5.41, 5.74) is 1.31. The van der Waals surface area contributed by atoms with Crippen LogP contribution in [0.1, 0.15) is 41.1 Å². The molecule has 0 fully saturated rings. The molecule has 0 aliphatic heterocycles. The van der Waals surface area contributed by atoms with Crippen molar-refractivity contribution < 1.29 is 14.4 Å². The van der Waals surface area contributed by atoms with Crippen molar-refractivity contribution in [2.45, 2.75) is 33.4 Å². The highest BCUT2D eigenvalue weighted by atomic mass is 32.1. The fraction of sp³-hybridized carbons (Fsp3) is 0.360. The Hall–Kier alpha value is -4.24. The van der Waals surface area contributed by atoms with Crippen molar-refractivity contribution in [2.24, 2.45) is 5.92 Å². The van der Waals surface area contributed by atoms with Crippen molar-refractivity contribution in [2.75, 3.05) is 24.5 Å². The first kappa shape index (κ1) is 27.3. The second kappa shape index (κ2) is 13.7. The smallest absolute Gasteiger partial charge is 0.324 e. The molecule has 3 aromatic rings. The number of hydrogen-bond acceptors (Lipinski definition) is 7. The lowest BCUT2D eigenvalue weighted by molar-refractivity contribution is -0.123. The number of urea groups is 1. The van der Waals surface area contributed by atoms with E-state index < -0.39 is 6.03 Å². The molecule has 12 heteroatoms. The summed E-state index contributed by atoms with van der Waals surface area (Å²) in [6.45, 7) is 5.53. The molecule has 0 aliphatic carbocycles. The van der Waals surface area contributed by atoms with Crippen LogP contribution in [0.15, 0.2) is 49.2 Å². The van der Waals surface area contributed by atoms with Crippen LogP contribution in [-0.2, 0) is 17.9 Å². The van der Waals surface area contributed by atoms with E-state index >= 15 is 0 Å². The van der Waals surface area contributed by atoms with Gasteiger partial charge in [-0.1, -0.05) is 37.3 Å². The lowest BCUT2D eigenvalue weighted by Gasteiger charge is -2.21. The zero-order chi connectivity index (χ0) is 26.6. The summed E-state index contributed by atoms with van der Waals surface area (Å²) in [4.78, 5) is 47.6. The second-order valence-electron chi connectivity index (χ2n) is 8.49. The Bertz CT molecular complexity index is 1220. The maximum atomic E-state index is 13.1.